The third-order valence-corrected chi connectivity index (χ3v) is 2.28. The number of hydrogen-bond acceptors (Lipinski definition) is 2. The molecule has 2 amide bonds. The fourth-order valence-electron chi connectivity index (χ4n) is 1.34. The average molecular weight is 168 g/mol. The quantitative estimate of drug-likeness (QED) is 0.633. The van der Waals surface area contributed by atoms with E-state index in [2.05, 4.69) is 5.43 Å². The predicted octanol–water partition coefficient (Wildman–Crippen LogP) is 0.0500. The fraction of sp³-hybridized carbons (Fsp3) is 0.750. The van der Waals surface area contributed by atoms with Crippen LogP contribution in [-0.4, -0.2) is 23.4 Å². The second-order valence-corrected chi connectivity index (χ2v) is 3.48. The van der Waals surface area contributed by atoms with Gasteiger partial charge in [-0.2, -0.15) is 0 Å². The van der Waals surface area contributed by atoms with E-state index in [1.807, 2.05) is 0 Å². The van der Waals surface area contributed by atoms with Crippen LogP contribution in [0, 0.1) is 5.92 Å². The van der Waals surface area contributed by atoms with Crippen molar-refractivity contribution in [2.75, 3.05) is 6.54 Å². The molecule has 2 aliphatic rings. The van der Waals surface area contributed by atoms with Crippen LogP contribution in [0.25, 0.3) is 0 Å². The summed E-state index contributed by atoms with van der Waals surface area (Å²) in [5.41, 5.74) is 2.53. The molecule has 66 valence electrons. The highest BCUT2D eigenvalue weighted by Gasteiger charge is 2.29. The molecule has 1 aliphatic carbocycles. The summed E-state index contributed by atoms with van der Waals surface area (Å²) in [5, 5.41) is 1.45. The smallest absolute Gasteiger partial charge is 0.241 e. The van der Waals surface area contributed by atoms with Gasteiger partial charge in [-0.1, -0.05) is 0 Å². The Kier molecular flexibility index (Phi) is 1.75. The van der Waals surface area contributed by atoms with Crippen LogP contribution in [0.15, 0.2) is 0 Å². The lowest BCUT2D eigenvalue weighted by Gasteiger charge is -2.14. The van der Waals surface area contributed by atoms with Crippen LogP contribution in [0.3, 0.4) is 0 Å². The Bertz CT molecular complexity index is 223. The zero-order valence-electron chi connectivity index (χ0n) is 6.88. The lowest BCUT2D eigenvalue weighted by molar-refractivity contribution is -0.136. The molecule has 4 heteroatoms. The van der Waals surface area contributed by atoms with E-state index in [0.29, 0.717) is 25.3 Å². The second-order valence-electron chi connectivity index (χ2n) is 3.48. The minimum atomic E-state index is -0.0425. The number of amides is 2. The largest absolute Gasteiger partial charge is 0.273 e. The van der Waals surface area contributed by atoms with Crippen molar-refractivity contribution in [1.29, 1.82) is 0 Å². The summed E-state index contributed by atoms with van der Waals surface area (Å²) in [6, 6.07) is 0. The fourth-order valence-corrected chi connectivity index (χ4v) is 1.34. The summed E-state index contributed by atoms with van der Waals surface area (Å²) in [5.74, 6) is 0.623. The standard InChI is InChI=1S/C8H12N2O2/c11-7-3-4-10(9-7)8(12)5-6-1-2-6/h6H,1-5H2,(H,9,11). The summed E-state index contributed by atoms with van der Waals surface area (Å²) in [7, 11) is 0. The summed E-state index contributed by atoms with van der Waals surface area (Å²) in [4.78, 5) is 22.1. The van der Waals surface area contributed by atoms with Crippen LogP contribution in [0.5, 0.6) is 0 Å². The van der Waals surface area contributed by atoms with E-state index in [4.69, 9.17) is 0 Å². The van der Waals surface area contributed by atoms with Crippen molar-refractivity contribution in [3.63, 3.8) is 0 Å². The van der Waals surface area contributed by atoms with E-state index in [1.165, 1.54) is 17.9 Å². The predicted molar refractivity (Wildman–Crippen MR) is 41.8 cm³/mol. The van der Waals surface area contributed by atoms with Gasteiger partial charge < -0.3 is 0 Å². The second kappa shape index (κ2) is 2.77. The first-order chi connectivity index (χ1) is 5.75. The first-order valence-corrected chi connectivity index (χ1v) is 4.35. The van der Waals surface area contributed by atoms with Crippen molar-refractivity contribution in [3.8, 4) is 0 Å². The summed E-state index contributed by atoms with van der Waals surface area (Å²) in [6.07, 6.45) is 3.41. The molecule has 12 heavy (non-hydrogen) atoms. The summed E-state index contributed by atoms with van der Waals surface area (Å²) < 4.78 is 0. The molecule has 0 aromatic heterocycles. The molecular weight excluding hydrogens is 156 g/mol. The van der Waals surface area contributed by atoms with Crippen LogP contribution in [0.2, 0.25) is 0 Å². The SMILES string of the molecule is O=C1CCN(C(=O)CC2CC2)N1. The van der Waals surface area contributed by atoms with Gasteiger partial charge in [0.05, 0.1) is 6.54 Å². The van der Waals surface area contributed by atoms with Gasteiger partial charge in [0.2, 0.25) is 11.8 Å². The number of carbonyl (C=O) groups is 2. The number of nitrogens with zero attached hydrogens (tertiary/aromatic N) is 1. The Morgan fingerprint density at radius 2 is 2.33 bits per heavy atom. The molecule has 0 aromatic carbocycles. The van der Waals surface area contributed by atoms with E-state index in [-0.39, 0.29) is 11.8 Å². The van der Waals surface area contributed by atoms with Crippen molar-refractivity contribution in [3.05, 3.63) is 0 Å². The Hall–Kier alpha value is -1.06. The monoisotopic (exact) mass is 168 g/mol. The van der Waals surface area contributed by atoms with Crippen molar-refractivity contribution in [2.45, 2.75) is 25.7 Å². The van der Waals surface area contributed by atoms with E-state index in [0.717, 1.165) is 0 Å². The maximum Gasteiger partial charge on any atom is 0.241 e. The molecule has 4 nitrogen and oxygen atoms in total. The van der Waals surface area contributed by atoms with Crippen molar-refractivity contribution in [1.82, 2.24) is 10.4 Å². The van der Waals surface area contributed by atoms with Crippen molar-refractivity contribution in [2.24, 2.45) is 5.92 Å². The summed E-state index contributed by atoms with van der Waals surface area (Å²) >= 11 is 0. The topological polar surface area (TPSA) is 49.4 Å². The van der Waals surface area contributed by atoms with Gasteiger partial charge in [-0.25, -0.2) is 0 Å². The first-order valence-electron chi connectivity index (χ1n) is 4.35. The molecular formula is C8H12N2O2. The number of rotatable bonds is 2. The minimum Gasteiger partial charge on any atom is -0.273 e. The molecule has 0 unspecified atom stereocenters. The number of carbonyl (C=O) groups excluding carboxylic acids is 2. The molecule has 1 saturated carbocycles. The summed E-state index contributed by atoms with van der Waals surface area (Å²) in [6.45, 7) is 0.546. The lowest BCUT2D eigenvalue weighted by atomic mass is 10.3. The Morgan fingerprint density at radius 1 is 1.58 bits per heavy atom. The van der Waals surface area contributed by atoms with Gasteiger partial charge in [-0.15, -0.1) is 0 Å². The molecule has 0 atom stereocenters. The molecule has 0 radical (unpaired) electrons. The third kappa shape index (κ3) is 1.57. The Balaban J connectivity index is 1.82. The molecule has 1 heterocycles. The van der Waals surface area contributed by atoms with Gasteiger partial charge in [0.25, 0.3) is 0 Å². The normalized spacial score (nSPS) is 22.7. The molecule has 1 N–H and O–H groups in total. The van der Waals surface area contributed by atoms with Gasteiger partial charge in [-0.3, -0.25) is 20.0 Å². The van der Waals surface area contributed by atoms with Crippen LogP contribution in [0.4, 0.5) is 0 Å². The van der Waals surface area contributed by atoms with Crippen LogP contribution < -0.4 is 5.43 Å². The highest BCUT2D eigenvalue weighted by atomic mass is 16.2. The van der Waals surface area contributed by atoms with Crippen LogP contribution in [0.1, 0.15) is 25.7 Å². The maximum atomic E-state index is 11.4. The van der Waals surface area contributed by atoms with E-state index >= 15 is 0 Å². The van der Waals surface area contributed by atoms with Crippen molar-refractivity contribution < 1.29 is 9.59 Å². The zero-order valence-corrected chi connectivity index (χ0v) is 6.88. The van der Waals surface area contributed by atoms with E-state index < -0.39 is 0 Å². The molecule has 0 bridgehead atoms. The molecule has 1 saturated heterocycles. The highest BCUT2D eigenvalue weighted by molar-refractivity contribution is 5.85. The van der Waals surface area contributed by atoms with Crippen molar-refractivity contribution >= 4 is 11.8 Å². The molecule has 0 aromatic rings. The average Bonchev–Trinajstić information content (AvgIpc) is 2.72. The lowest BCUT2D eigenvalue weighted by Crippen LogP contribution is -2.38. The minimum absolute atomic E-state index is 0.0425. The number of hydrazine groups is 1. The van der Waals surface area contributed by atoms with E-state index in [9.17, 15) is 9.59 Å². The zero-order chi connectivity index (χ0) is 8.55. The van der Waals surface area contributed by atoms with Gasteiger partial charge in [-0.05, 0) is 18.8 Å². The van der Waals surface area contributed by atoms with E-state index in [1.54, 1.807) is 0 Å². The highest BCUT2D eigenvalue weighted by Crippen LogP contribution is 2.32. The third-order valence-electron chi connectivity index (χ3n) is 2.28. The van der Waals surface area contributed by atoms with Crippen LogP contribution in [-0.2, 0) is 9.59 Å². The molecule has 1 aliphatic heterocycles. The van der Waals surface area contributed by atoms with Gasteiger partial charge in [0.15, 0.2) is 0 Å². The molecule has 2 fully saturated rings. The van der Waals surface area contributed by atoms with Gasteiger partial charge >= 0.3 is 0 Å². The van der Waals surface area contributed by atoms with Gasteiger partial charge in [0, 0.05) is 12.8 Å². The Labute approximate surface area is 70.9 Å². The molecule has 2 rings (SSSR count). The number of hydrogen-bond donors (Lipinski definition) is 1. The maximum absolute atomic E-state index is 11.4. The van der Waals surface area contributed by atoms with Gasteiger partial charge in [0.1, 0.15) is 0 Å². The Morgan fingerprint density at radius 3 is 2.83 bits per heavy atom. The molecule has 0 spiro atoms. The number of nitrogens with one attached hydrogen (secondary N) is 1. The van der Waals surface area contributed by atoms with Crippen LogP contribution >= 0.6 is 0 Å². The first kappa shape index (κ1) is 7.58.